The highest BCUT2D eigenvalue weighted by molar-refractivity contribution is 7.90. The molecule has 1 aliphatic rings. The first kappa shape index (κ1) is 27.1. The minimum atomic E-state index is -3.63. The summed E-state index contributed by atoms with van der Waals surface area (Å²) >= 11 is 0. The van der Waals surface area contributed by atoms with Gasteiger partial charge in [-0.15, -0.1) is 9.19 Å². The summed E-state index contributed by atoms with van der Waals surface area (Å²) in [5.74, 6) is -1.61. The zero-order chi connectivity index (χ0) is 30.2. The highest BCUT2D eigenvalue weighted by Crippen LogP contribution is 2.33. The predicted molar refractivity (Wildman–Crippen MR) is 154 cm³/mol. The number of hydrogen-bond acceptors (Lipinski definition) is 10. The van der Waals surface area contributed by atoms with Crippen molar-refractivity contribution in [2.24, 2.45) is 0 Å². The lowest BCUT2D eigenvalue weighted by molar-refractivity contribution is 0.577. The van der Waals surface area contributed by atoms with Gasteiger partial charge in [-0.2, -0.15) is 4.98 Å². The molecule has 12 nitrogen and oxygen atoms in total. The van der Waals surface area contributed by atoms with E-state index in [4.69, 9.17) is 4.42 Å². The van der Waals surface area contributed by atoms with Crippen LogP contribution >= 0.6 is 0 Å². The Morgan fingerprint density at radius 1 is 1.09 bits per heavy atom. The molecule has 6 aromatic rings. The average molecular weight is 607 g/mol. The van der Waals surface area contributed by atoms with Gasteiger partial charge < -0.3 is 9.32 Å². The fraction of sp³-hybridized carbons (Fsp3) is 0.286. The van der Waals surface area contributed by atoms with Crippen LogP contribution in [0.15, 0.2) is 52.1 Å². The molecule has 5 aromatic heterocycles. The first-order valence-electron chi connectivity index (χ1n) is 13.5. The van der Waals surface area contributed by atoms with Gasteiger partial charge in [-0.25, -0.2) is 36.4 Å². The van der Waals surface area contributed by atoms with Crippen LogP contribution in [0.1, 0.15) is 44.1 Å². The summed E-state index contributed by atoms with van der Waals surface area (Å²) in [6.45, 7) is 3.72. The molecule has 1 saturated carbocycles. The topological polar surface area (TPSA) is 141 Å². The molecule has 2 bridgehead atoms. The minimum absolute atomic E-state index is 0.00361. The lowest BCUT2D eigenvalue weighted by atomic mass is 10.1. The maximum atomic E-state index is 15.9. The van der Waals surface area contributed by atoms with Gasteiger partial charge in [-0.05, 0) is 37.0 Å². The second kappa shape index (κ2) is 9.62. The van der Waals surface area contributed by atoms with Crippen molar-refractivity contribution in [2.45, 2.75) is 44.4 Å². The molecular weight excluding hydrogens is 582 g/mol. The highest BCUT2D eigenvalue weighted by Gasteiger charge is 2.38. The van der Waals surface area contributed by atoms with Crippen molar-refractivity contribution in [1.82, 2.24) is 33.5 Å². The van der Waals surface area contributed by atoms with E-state index in [-0.39, 0.29) is 62.7 Å². The molecule has 0 atom stereocenters. The zero-order valence-electron chi connectivity index (χ0n) is 23.2. The van der Waals surface area contributed by atoms with Gasteiger partial charge in [0.2, 0.25) is 0 Å². The van der Waals surface area contributed by atoms with Crippen molar-refractivity contribution in [3.8, 4) is 0 Å². The molecule has 0 saturated heterocycles. The van der Waals surface area contributed by atoms with Crippen LogP contribution in [0.25, 0.3) is 38.6 Å². The van der Waals surface area contributed by atoms with E-state index in [1.54, 1.807) is 7.05 Å². The zero-order valence-corrected chi connectivity index (χ0v) is 24.0. The fourth-order valence-electron chi connectivity index (χ4n) is 5.17. The molecule has 1 fully saturated rings. The molecule has 220 valence electrons. The van der Waals surface area contributed by atoms with Gasteiger partial charge >= 0.3 is 5.69 Å². The van der Waals surface area contributed by atoms with E-state index < -0.39 is 32.6 Å². The maximum Gasteiger partial charge on any atom is 0.356 e. The molecule has 0 N–H and O–H groups in total. The van der Waals surface area contributed by atoms with E-state index in [1.165, 1.54) is 39.8 Å². The molecular formula is C28H24F2N8O4S. The number of rotatable bonds is 6. The summed E-state index contributed by atoms with van der Waals surface area (Å²) in [5, 5.41) is 3.58. The monoisotopic (exact) mass is 606 g/mol. The van der Waals surface area contributed by atoms with Gasteiger partial charge in [-0.1, -0.05) is 19.9 Å². The van der Waals surface area contributed by atoms with Crippen LogP contribution in [0.2, 0.25) is 0 Å². The van der Waals surface area contributed by atoms with E-state index in [9.17, 15) is 13.2 Å². The van der Waals surface area contributed by atoms with Crippen molar-refractivity contribution >= 4 is 54.5 Å². The third kappa shape index (κ3) is 4.33. The Kier molecular flexibility index (Phi) is 6.06. The predicted octanol–water partition coefficient (Wildman–Crippen LogP) is 4.07. The van der Waals surface area contributed by atoms with Crippen LogP contribution in [-0.2, 0) is 16.6 Å². The number of nitrogens with zero attached hydrogens (tertiary/aromatic N) is 8. The van der Waals surface area contributed by atoms with E-state index in [2.05, 4.69) is 25.0 Å². The molecule has 15 heteroatoms. The van der Waals surface area contributed by atoms with Crippen molar-refractivity contribution in [3.05, 3.63) is 76.5 Å². The molecule has 1 aliphatic carbocycles. The first-order chi connectivity index (χ1) is 20.5. The van der Waals surface area contributed by atoms with Crippen LogP contribution in [0.3, 0.4) is 0 Å². The van der Waals surface area contributed by atoms with Crippen LogP contribution < -0.4 is 10.6 Å². The number of hydrogen-bond donors (Lipinski definition) is 0. The quantitative estimate of drug-likeness (QED) is 0.272. The number of halogens is 2. The second-order valence-corrected chi connectivity index (χ2v) is 12.9. The van der Waals surface area contributed by atoms with Crippen molar-refractivity contribution < 1.29 is 21.6 Å². The van der Waals surface area contributed by atoms with E-state index in [1.807, 2.05) is 13.8 Å². The van der Waals surface area contributed by atoms with E-state index in [0.29, 0.717) is 18.5 Å². The van der Waals surface area contributed by atoms with Crippen LogP contribution in [0, 0.1) is 11.6 Å². The summed E-state index contributed by atoms with van der Waals surface area (Å²) in [7, 11) is -2.04. The maximum absolute atomic E-state index is 15.9. The number of aromatic nitrogens is 7. The molecule has 0 radical (unpaired) electrons. The lowest BCUT2D eigenvalue weighted by Gasteiger charge is -2.19. The smallest absolute Gasteiger partial charge is 0.356 e. The highest BCUT2D eigenvalue weighted by atomic mass is 32.2. The van der Waals surface area contributed by atoms with Gasteiger partial charge in [0.1, 0.15) is 34.6 Å². The van der Waals surface area contributed by atoms with E-state index >= 15 is 8.78 Å². The summed E-state index contributed by atoms with van der Waals surface area (Å²) in [6, 6.07) is 6.78. The number of fused-ring (bicyclic) bond motifs is 5. The molecule has 1 aromatic carbocycles. The average Bonchev–Trinajstić information content (AvgIpc) is 3.71. The van der Waals surface area contributed by atoms with E-state index in [0.717, 1.165) is 16.5 Å². The van der Waals surface area contributed by atoms with Gasteiger partial charge in [0.05, 0.1) is 28.3 Å². The standard InChI is InChI=1S/C28H24F2N8O4S/c1-14(2)23-25-20(9-10-31-23)42-19-6-4-5-17(29)22(19)24-18(30)11-16-26(34-28(39)38(25)27(16)33-24)36(3)12-21-32-13-37(35-21)43(40,41)15-7-8-15/h4-6,9-11,13-15H,7-8,12H2,1-3H3. The number of benzene rings is 1. The Morgan fingerprint density at radius 3 is 2.63 bits per heavy atom. The SMILES string of the molecule is CC(C)c1nccc2oc3cccc(F)c3c3nc4c(cc3F)c(N(C)Cc3ncn(S(=O)(=O)C5CC5)n3)nc(=O)n4c12. The van der Waals surface area contributed by atoms with Crippen LogP contribution in [-0.4, -0.2) is 54.2 Å². The third-order valence-corrected chi connectivity index (χ3v) is 9.40. The Morgan fingerprint density at radius 2 is 1.88 bits per heavy atom. The van der Waals surface area contributed by atoms with Crippen LogP contribution in [0.5, 0.6) is 0 Å². The summed E-state index contributed by atoms with van der Waals surface area (Å²) in [6.07, 6.45) is 3.79. The number of anilines is 1. The fourth-order valence-corrected chi connectivity index (χ4v) is 6.60. The Balaban J connectivity index is 1.53. The minimum Gasteiger partial charge on any atom is -0.454 e. The van der Waals surface area contributed by atoms with Gasteiger partial charge in [0.15, 0.2) is 22.9 Å². The molecule has 0 amide bonds. The normalized spacial score (nSPS) is 14.0. The molecule has 0 unspecified atom stereocenters. The Hall–Kier alpha value is -4.79. The second-order valence-electron chi connectivity index (χ2n) is 10.8. The van der Waals surface area contributed by atoms with Gasteiger partial charge in [0, 0.05) is 19.3 Å². The third-order valence-electron chi connectivity index (χ3n) is 7.39. The van der Waals surface area contributed by atoms with Crippen molar-refractivity contribution in [3.63, 3.8) is 0 Å². The summed E-state index contributed by atoms with van der Waals surface area (Å²) in [4.78, 5) is 32.7. The Labute approximate surface area is 242 Å². The molecule has 43 heavy (non-hydrogen) atoms. The molecule has 7 rings (SSSR count). The Bertz CT molecular complexity index is 2310. The summed E-state index contributed by atoms with van der Waals surface area (Å²) < 4.78 is 64.4. The number of pyridine rings is 2. The lowest BCUT2D eigenvalue weighted by Crippen LogP contribution is -2.26. The molecule has 0 aliphatic heterocycles. The largest absolute Gasteiger partial charge is 0.454 e. The first-order valence-corrected chi connectivity index (χ1v) is 15.0. The van der Waals surface area contributed by atoms with Crippen LogP contribution in [0.4, 0.5) is 14.6 Å². The van der Waals surface area contributed by atoms with Gasteiger partial charge in [0.25, 0.3) is 10.0 Å². The van der Waals surface area contributed by atoms with Gasteiger partial charge in [-0.3, -0.25) is 4.98 Å². The molecule has 5 heterocycles. The molecule has 0 spiro atoms. The summed E-state index contributed by atoms with van der Waals surface area (Å²) in [5.41, 5.74) is -0.157. The van der Waals surface area contributed by atoms with Crippen molar-refractivity contribution in [2.75, 3.05) is 11.9 Å². The van der Waals surface area contributed by atoms with Crippen molar-refractivity contribution in [1.29, 1.82) is 0 Å².